The van der Waals surface area contributed by atoms with Crippen molar-refractivity contribution >= 4 is 0 Å². The first-order chi connectivity index (χ1) is 7.71. The van der Waals surface area contributed by atoms with Crippen LogP contribution in [-0.2, 0) is 4.74 Å². The van der Waals surface area contributed by atoms with Gasteiger partial charge in [-0.3, -0.25) is 0 Å². The predicted octanol–water partition coefficient (Wildman–Crippen LogP) is 1.73. The summed E-state index contributed by atoms with van der Waals surface area (Å²) in [5.41, 5.74) is 0. The summed E-state index contributed by atoms with van der Waals surface area (Å²) in [5.74, 6) is 0.827. The van der Waals surface area contributed by atoms with Gasteiger partial charge in [-0.15, -0.1) is 0 Å². The van der Waals surface area contributed by atoms with Crippen LogP contribution in [0.15, 0.2) is 0 Å². The van der Waals surface area contributed by atoms with Gasteiger partial charge < -0.3 is 15.0 Å². The van der Waals surface area contributed by atoms with E-state index in [9.17, 15) is 0 Å². The van der Waals surface area contributed by atoms with Gasteiger partial charge in [-0.05, 0) is 26.4 Å². The van der Waals surface area contributed by atoms with Crippen LogP contribution in [0.4, 0.5) is 0 Å². The van der Waals surface area contributed by atoms with E-state index in [2.05, 4.69) is 38.2 Å². The van der Waals surface area contributed by atoms with Crippen molar-refractivity contribution in [1.29, 1.82) is 0 Å². The summed E-state index contributed by atoms with van der Waals surface area (Å²) in [6.07, 6.45) is 4.15. The summed E-state index contributed by atoms with van der Waals surface area (Å²) in [7, 11) is 4.24. The molecule has 16 heavy (non-hydrogen) atoms. The Morgan fingerprint density at radius 3 is 2.56 bits per heavy atom. The molecule has 0 bridgehead atoms. The quantitative estimate of drug-likeness (QED) is 0.749. The molecule has 1 aliphatic rings. The molecule has 0 spiro atoms. The molecule has 1 N–H and O–H groups in total. The Hall–Kier alpha value is -0.120. The monoisotopic (exact) mass is 228 g/mol. The van der Waals surface area contributed by atoms with Crippen LogP contribution >= 0.6 is 0 Å². The van der Waals surface area contributed by atoms with Gasteiger partial charge in [0.2, 0.25) is 0 Å². The van der Waals surface area contributed by atoms with Crippen molar-refractivity contribution in [2.75, 3.05) is 33.8 Å². The molecule has 0 aliphatic carbocycles. The Balaban J connectivity index is 2.45. The van der Waals surface area contributed by atoms with Crippen molar-refractivity contribution < 1.29 is 4.74 Å². The summed E-state index contributed by atoms with van der Waals surface area (Å²) in [6, 6.07) is 0.507. The molecular formula is C13H28N2O. The van der Waals surface area contributed by atoms with Gasteiger partial charge in [0.25, 0.3) is 0 Å². The molecule has 1 saturated heterocycles. The minimum Gasteiger partial charge on any atom is -0.374 e. The lowest BCUT2D eigenvalue weighted by Crippen LogP contribution is -2.50. The van der Waals surface area contributed by atoms with Gasteiger partial charge in [-0.1, -0.05) is 26.7 Å². The Morgan fingerprint density at radius 1 is 1.38 bits per heavy atom. The zero-order chi connectivity index (χ0) is 12.0. The van der Waals surface area contributed by atoms with Crippen molar-refractivity contribution in [3.8, 4) is 0 Å². The van der Waals surface area contributed by atoms with E-state index in [1.165, 1.54) is 19.3 Å². The van der Waals surface area contributed by atoms with Crippen LogP contribution in [0.5, 0.6) is 0 Å². The summed E-state index contributed by atoms with van der Waals surface area (Å²) in [6.45, 7) is 7.58. The molecule has 1 heterocycles. The van der Waals surface area contributed by atoms with Crippen LogP contribution in [0.3, 0.4) is 0 Å². The average Bonchev–Trinajstić information content (AvgIpc) is 2.31. The largest absolute Gasteiger partial charge is 0.374 e. The van der Waals surface area contributed by atoms with E-state index in [0.717, 1.165) is 25.6 Å². The molecule has 96 valence electrons. The number of hydrogen-bond donors (Lipinski definition) is 1. The number of nitrogens with one attached hydrogen (secondary N) is 1. The van der Waals surface area contributed by atoms with Gasteiger partial charge in [0.1, 0.15) is 0 Å². The van der Waals surface area contributed by atoms with Crippen LogP contribution in [0.25, 0.3) is 0 Å². The van der Waals surface area contributed by atoms with E-state index in [1.54, 1.807) is 0 Å². The molecule has 0 aromatic carbocycles. The molecule has 1 fully saturated rings. The number of rotatable bonds is 6. The van der Waals surface area contributed by atoms with E-state index < -0.39 is 0 Å². The van der Waals surface area contributed by atoms with Gasteiger partial charge >= 0.3 is 0 Å². The van der Waals surface area contributed by atoms with E-state index in [1.807, 2.05) is 0 Å². The molecule has 1 aliphatic heterocycles. The third-order valence-corrected chi connectivity index (χ3v) is 3.86. The summed E-state index contributed by atoms with van der Waals surface area (Å²) >= 11 is 0. The molecule has 0 saturated carbocycles. The number of hydrogen-bond acceptors (Lipinski definition) is 3. The highest BCUT2D eigenvalue weighted by atomic mass is 16.5. The Labute approximate surface area is 101 Å². The lowest BCUT2D eigenvalue weighted by molar-refractivity contribution is -0.0413. The fourth-order valence-corrected chi connectivity index (χ4v) is 2.49. The van der Waals surface area contributed by atoms with Crippen molar-refractivity contribution in [3.63, 3.8) is 0 Å². The number of nitrogens with zero attached hydrogens (tertiary/aromatic N) is 1. The van der Waals surface area contributed by atoms with Gasteiger partial charge in [-0.25, -0.2) is 0 Å². The standard InChI is InChI=1S/C13H28N2O/c1-5-11(6-2)9-12(14-3)13-10-15(4)7-8-16-13/h11-14H,5-10H2,1-4H3. The maximum absolute atomic E-state index is 5.89. The van der Waals surface area contributed by atoms with Gasteiger partial charge in [0.05, 0.1) is 12.7 Å². The third-order valence-electron chi connectivity index (χ3n) is 3.86. The van der Waals surface area contributed by atoms with Gasteiger partial charge in [-0.2, -0.15) is 0 Å². The first kappa shape index (κ1) is 13.9. The fourth-order valence-electron chi connectivity index (χ4n) is 2.49. The number of likely N-dealkylation sites (N-methyl/N-ethyl adjacent to an activating group) is 2. The molecule has 2 unspecified atom stereocenters. The van der Waals surface area contributed by atoms with Crippen molar-refractivity contribution in [2.45, 2.75) is 45.3 Å². The lowest BCUT2D eigenvalue weighted by Gasteiger charge is -2.36. The van der Waals surface area contributed by atoms with Crippen LogP contribution in [0, 0.1) is 5.92 Å². The van der Waals surface area contributed by atoms with E-state index in [-0.39, 0.29) is 0 Å². The predicted molar refractivity (Wildman–Crippen MR) is 68.8 cm³/mol. The van der Waals surface area contributed by atoms with Crippen molar-refractivity contribution in [2.24, 2.45) is 5.92 Å². The molecule has 0 radical (unpaired) electrons. The van der Waals surface area contributed by atoms with E-state index >= 15 is 0 Å². The summed E-state index contributed by atoms with van der Waals surface area (Å²) < 4.78 is 5.89. The van der Waals surface area contributed by atoms with Crippen LogP contribution in [0.2, 0.25) is 0 Å². The average molecular weight is 228 g/mol. The summed E-state index contributed by atoms with van der Waals surface area (Å²) in [5, 5.41) is 3.44. The topological polar surface area (TPSA) is 24.5 Å². The lowest BCUT2D eigenvalue weighted by atomic mass is 9.92. The molecule has 0 aromatic heterocycles. The smallest absolute Gasteiger partial charge is 0.0855 e. The molecule has 0 amide bonds. The normalized spacial score (nSPS) is 24.9. The fraction of sp³-hybridized carbons (Fsp3) is 1.00. The maximum Gasteiger partial charge on any atom is 0.0855 e. The molecule has 3 nitrogen and oxygen atoms in total. The van der Waals surface area contributed by atoms with Gasteiger partial charge in [0.15, 0.2) is 0 Å². The van der Waals surface area contributed by atoms with Crippen LogP contribution in [0.1, 0.15) is 33.1 Å². The zero-order valence-electron chi connectivity index (χ0n) is 11.3. The summed E-state index contributed by atoms with van der Waals surface area (Å²) in [4.78, 5) is 2.37. The van der Waals surface area contributed by atoms with E-state index in [4.69, 9.17) is 4.74 Å². The molecule has 3 heteroatoms. The highest BCUT2D eigenvalue weighted by Crippen LogP contribution is 2.19. The van der Waals surface area contributed by atoms with E-state index in [0.29, 0.717) is 12.1 Å². The molecule has 2 atom stereocenters. The van der Waals surface area contributed by atoms with Crippen molar-refractivity contribution in [1.82, 2.24) is 10.2 Å². The number of ether oxygens (including phenoxy) is 1. The molecular weight excluding hydrogens is 200 g/mol. The second-order valence-electron chi connectivity index (χ2n) is 4.98. The Morgan fingerprint density at radius 2 is 2.06 bits per heavy atom. The first-order valence-electron chi connectivity index (χ1n) is 6.68. The third kappa shape index (κ3) is 4.04. The molecule has 1 rings (SSSR count). The molecule has 0 aromatic rings. The Bertz CT molecular complexity index is 183. The first-order valence-corrected chi connectivity index (χ1v) is 6.68. The zero-order valence-corrected chi connectivity index (χ0v) is 11.3. The number of morpholine rings is 1. The van der Waals surface area contributed by atoms with Gasteiger partial charge in [0, 0.05) is 19.1 Å². The SMILES string of the molecule is CCC(CC)CC(NC)C1CN(C)CCO1. The minimum atomic E-state index is 0.365. The maximum atomic E-state index is 5.89. The minimum absolute atomic E-state index is 0.365. The van der Waals surface area contributed by atoms with Crippen molar-refractivity contribution in [3.05, 3.63) is 0 Å². The van der Waals surface area contributed by atoms with Crippen LogP contribution < -0.4 is 5.32 Å². The Kier molecular flexibility index (Phi) is 6.32. The van der Waals surface area contributed by atoms with Crippen LogP contribution in [-0.4, -0.2) is 50.8 Å². The highest BCUT2D eigenvalue weighted by molar-refractivity contribution is 4.82. The highest BCUT2D eigenvalue weighted by Gasteiger charge is 2.26. The second kappa shape index (κ2) is 7.25. The second-order valence-corrected chi connectivity index (χ2v) is 4.98.